The zero-order chi connectivity index (χ0) is 16.4. The van der Waals surface area contributed by atoms with E-state index >= 15 is 0 Å². The number of thiophene rings is 1. The minimum absolute atomic E-state index is 0.0911. The summed E-state index contributed by atoms with van der Waals surface area (Å²) in [4.78, 5) is 14.9. The van der Waals surface area contributed by atoms with Gasteiger partial charge in [-0.15, -0.1) is 11.3 Å². The summed E-state index contributed by atoms with van der Waals surface area (Å²) < 4.78 is 23.0. The van der Waals surface area contributed by atoms with Crippen molar-refractivity contribution >= 4 is 32.9 Å². The van der Waals surface area contributed by atoms with Gasteiger partial charge in [-0.05, 0) is 24.9 Å². The predicted molar refractivity (Wildman–Crippen MR) is 90.2 cm³/mol. The van der Waals surface area contributed by atoms with Crippen molar-refractivity contribution in [2.24, 2.45) is 0 Å². The monoisotopic (exact) mass is 354 g/mol. The van der Waals surface area contributed by atoms with Crippen LogP contribution in [0.2, 0.25) is 0 Å². The number of likely N-dealkylation sites (N-methyl/N-ethyl adjacent to an activating group) is 1. The molecular formula is C14H18N4O3S2. The van der Waals surface area contributed by atoms with E-state index in [0.29, 0.717) is 12.2 Å². The van der Waals surface area contributed by atoms with Gasteiger partial charge in [0.1, 0.15) is 0 Å². The van der Waals surface area contributed by atoms with E-state index in [0.717, 1.165) is 10.6 Å². The summed E-state index contributed by atoms with van der Waals surface area (Å²) in [5.41, 5.74) is 0.852. The Balaban J connectivity index is 1.55. The van der Waals surface area contributed by atoms with Gasteiger partial charge in [-0.25, -0.2) is 8.42 Å². The van der Waals surface area contributed by atoms with E-state index in [9.17, 15) is 13.2 Å². The maximum Gasteiger partial charge on any atom is 0.239 e. The van der Waals surface area contributed by atoms with Gasteiger partial charge >= 0.3 is 0 Å². The Morgan fingerprint density at radius 2 is 2.39 bits per heavy atom. The number of anilines is 1. The topological polar surface area (TPSA) is 95.2 Å². The summed E-state index contributed by atoms with van der Waals surface area (Å²) >= 11 is 1.59. The van der Waals surface area contributed by atoms with Gasteiger partial charge in [-0.3, -0.25) is 14.8 Å². The van der Waals surface area contributed by atoms with Crippen LogP contribution in [0.1, 0.15) is 6.42 Å². The van der Waals surface area contributed by atoms with Gasteiger partial charge in [0.2, 0.25) is 5.91 Å². The van der Waals surface area contributed by atoms with Gasteiger partial charge in [0.05, 0.1) is 28.6 Å². The smallest absolute Gasteiger partial charge is 0.239 e. The molecule has 2 aromatic rings. The molecule has 0 aromatic carbocycles. The number of hydrogen-bond donors (Lipinski definition) is 2. The summed E-state index contributed by atoms with van der Waals surface area (Å²) in [6.07, 6.45) is 0.580. The van der Waals surface area contributed by atoms with Gasteiger partial charge in [-0.1, -0.05) is 6.07 Å². The molecule has 1 aliphatic rings. The minimum atomic E-state index is -2.95. The fourth-order valence-electron chi connectivity index (χ4n) is 2.60. The lowest BCUT2D eigenvalue weighted by molar-refractivity contribution is -0.117. The number of nitrogens with zero attached hydrogens (tertiary/aromatic N) is 2. The lowest BCUT2D eigenvalue weighted by Gasteiger charge is -2.21. The van der Waals surface area contributed by atoms with Crippen LogP contribution in [0.5, 0.6) is 0 Å². The van der Waals surface area contributed by atoms with Crippen LogP contribution in [0, 0.1) is 0 Å². The molecule has 1 aliphatic heterocycles. The van der Waals surface area contributed by atoms with Crippen molar-refractivity contribution in [1.29, 1.82) is 0 Å². The Morgan fingerprint density at radius 3 is 3.04 bits per heavy atom. The lowest BCUT2D eigenvalue weighted by Crippen LogP contribution is -2.38. The molecule has 1 fully saturated rings. The predicted octanol–water partition coefficient (Wildman–Crippen LogP) is 1.20. The highest BCUT2D eigenvalue weighted by atomic mass is 32.2. The summed E-state index contributed by atoms with van der Waals surface area (Å²) in [5.74, 6) is 0.585. The van der Waals surface area contributed by atoms with Crippen LogP contribution < -0.4 is 5.32 Å². The van der Waals surface area contributed by atoms with Crippen molar-refractivity contribution < 1.29 is 13.2 Å². The first-order chi connectivity index (χ1) is 10.9. The van der Waals surface area contributed by atoms with Crippen LogP contribution in [0.15, 0.2) is 23.6 Å². The van der Waals surface area contributed by atoms with Gasteiger partial charge in [0, 0.05) is 12.1 Å². The van der Waals surface area contributed by atoms with Gasteiger partial charge in [0.15, 0.2) is 15.7 Å². The van der Waals surface area contributed by atoms with Crippen LogP contribution in [-0.2, 0) is 14.6 Å². The van der Waals surface area contributed by atoms with Crippen molar-refractivity contribution in [2.75, 3.05) is 30.4 Å². The van der Waals surface area contributed by atoms with E-state index in [4.69, 9.17) is 0 Å². The second kappa shape index (κ2) is 6.42. The Hall–Kier alpha value is -1.71. The first-order valence-corrected chi connectivity index (χ1v) is 9.93. The molecule has 1 saturated heterocycles. The van der Waals surface area contributed by atoms with Crippen molar-refractivity contribution in [3.8, 4) is 10.6 Å². The number of rotatable bonds is 5. The van der Waals surface area contributed by atoms with Gasteiger partial charge < -0.3 is 5.32 Å². The fraction of sp³-hybridized carbons (Fsp3) is 0.429. The molecule has 1 unspecified atom stereocenters. The SMILES string of the molecule is CN(CC(=O)Nc1cc(-c2cccs2)[nH]n1)C1CCS(=O)(=O)C1. The number of aromatic amines is 1. The Morgan fingerprint density at radius 1 is 1.57 bits per heavy atom. The molecule has 1 amide bonds. The maximum absolute atomic E-state index is 12.1. The zero-order valence-electron chi connectivity index (χ0n) is 12.7. The largest absolute Gasteiger partial charge is 0.308 e. The highest BCUT2D eigenvalue weighted by Gasteiger charge is 2.31. The average molecular weight is 354 g/mol. The first kappa shape index (κ1) is 16.2. The number of H-pyrrole nitrogens is 1. The summed E-state index contributed by atoms with van der Waals surface area (Å²) in [6, 6.07) is 5.61. The molecule has 0 radical (unpaired) electrons. The number of aromatic nitrogens is 2. The summed E-state index contributed by atoms with van der Waals surface area (Å²) in [6.45, 7) is 0.140. The van der Waals surface area contributed by atoms with Crippen molar-refractivity contribution in [3.05, 3.63) is 23.6 Å². The molecule has 3 heterocycles. The van der Waals surface area contributed by atoms with Crippen LogP contribution in [0.3, 0.4) is 0 Å². The second-order valence-corrected chi connectivity index (χ2v) is 8.84. The molecule has 7 nitrogen and oxygen atoms in total. The third-order valence-corrected chi connectivity index (χ3v) is 6.51. The number of carbonyl (C=O) groups is 1. The standard InChI is InChI=1S/C14H18N4O3S2/c1-18(10-4-6-23(20,21)9-10)8-14(19)15-13-7-11(16-17-13)12-3-2-5-22-12/h2-3,5,7,10H,4,6,8-9H2,1H3,(H2,15,16,17,19). The maximum atomic E-state index is 12.1. The summed E-state index contributed by atoms with van der Waals surface area (Å²) in [5, 5.41) is 11.7. The van der Waals surface area contributed by atoms with Crippen LogP contribution in [0.4, 0.5) is 5.82 Å². The van der Waals surface area contributed by atoms with Crippen LogP contribution in [-0.4, -0.2) is 60.6 Å². The number of nitrogens with one attached hydrogen (secondary N) is 2. The molecule has 23 heavy (non-hydrogen) atoms. The molecule has 0 spiro atoms. The normalized spacial score (nSPS) is 20.0. The molecule has 3 rings (SSSR count). The Bertz CT molecular complexity index is 783. The van der Waals surface area contributed by atoms with E-state index in [-0.39, 0.29) is 30.0 Å². The molecule has 9 heteroatoms. The van der Waals surface area contributed by atoms with E-state index in [1.54, 1.807) is 29.4 Å². The lowest BCUT2D eigenvalue weighted by atomic mass is 10.2. The van der Waals surface area contributed by atoms with E-state index in [1.807, 2.05) is 17.5 Å². The zero-order valence-corrected chi connectivity index (χ0v) is 14.3. The van der Waals surface area contributed by atoms with E-state index in [1.165, 1.54) is 0 Å². The highest BCUT2D eigenvalue weighted by molar-refractivity contribution is 7.91. The number of carbonyl (C=O) groups excluding carboxylic acids is 1. The van der Waals surface area contributed by atoms with Crippen LogP contribution in [0.25, 0.3) is 10.6 Å². The molecule has 2 aromatic heterocycles. The minimum Gasteiger partial charge on any atom is -0.308 e. The number of amides is 1. The summed E-state index contributed by atoms with van der Waals surface area (Å²) in [7, 11) is -1.18. The van der Waals surface area contributed by atoms with E-state index in [2.05, 4.69) is 15.5 Å². The molecule has 0 saturated carbocycles. The van der Waals surface area contributed by atoms with Crippen molar-refractivity contribution in [1.82, 2.24) is 15.1 Å². The second-order valence-electron chi connectivity index (χ2n) is 5.66. The molecule has 0 bridgehead atoms. The number of hydrogen-bond acceptors (Lipinski definition) is 6. The highest BCUT2D eigenvalue weighted by Crippen LogP contribution is 2.24. The molecular weight excluding hydrogens is 336 g/mol. The fourth-order valence-corrected chi connectivity index (χ4v) is 5.10. The Kier molecular flexibility index (Phi) is 4.51. The van der Waals surface area contributed by atoms with Crippen LogP contribution >= 0.6 is 11.3 Å². The quantitative estimate of drug-likeness (QED) is 0.841. The molecule has 2 N–H and O–H groups in total. The third-order valence-electron chi connectivity index (χ3n) is 3.86. The van der Waals surface area contributed by atoms with E-state index < -0.39 is 9.84 Å². The van der Waals surface area contributed by atoms with Crippen molar-refractivity contribution in [3.63, 3.8) is 0 Å². The third kappa shape index (κ3) is 3.98. The average Bonchev–Trinajstić information content (AvgIpc) is 3.18. The molecule has 124 valence electrons. The van der Waals surface area contributed by atoms with Crippen molar-refractivity contribution in [2.45, 2.75) is 12.5 Å². The Labute approximate surface area is 138 Å². The first-order valence-electron chi connectivity index (χ1n) is 7.23. The van der Waals surface area contributed by atoms with Gasteiger partial charge in [-0.2, -0.15) is 5.10 Å². The van der Waals surface area contributed by atoms with Gasteiger partial charge in [0.25, 0.3) is 0 Å². The molecule has 1 atom stereocenters. The molecule has 0 aliphatic carbocycles. The number of sulfone groups is 1.